The van der Waals surface area contributed by atoms with E-state index in [4.69, 9.17) is 11.6 Å². The molecular weight excluding hydrogens is 360 g/mol. The van der Waals surface area contributed by atoms with Gasteiger partial charge < -0.3 is 4.90 Å². The largest absolute Gasteiger partial charge is 0.339 e. The average Bonchev–Trinajstić information content (AvgIpc) is 3.00. The number of hydrogen-bond acceptors (Lipinski definition) is 4. The molecular formula is C18H21ClN2OS2. The molecule has 1 amide bonds. The summed E-state index contributed by atoms with van der Waals surface area (Å²) in [5.41, 5.74) is 0. The minimum Gasteiger partial charge on any atom is -0.339 e. The summed E-state index contributed by atoms with van der Waals surface area (Å²) in [5.74, 6) is 0.239. The smallest absolute Gasteiger partial charge is 0.235 e. The van der Waals surface area contributed by atoms with Crippen LogP contribution >= 0.6 is 34.7 Å². The van der Waals surface area contributed by atoms with Crippen LogP contribution in [0.25, 0.3) is 0 Å². The zero-order chi connectivity index (χ0) is 16.9. The van der Waals surface area contributed by atoms with Crippen molar-refractivity contribution in [1.29, 1.82) is 0 Å². The van der Waals surface area contributed by atoms with Gasteiger partial charge in [-0.15, -0.1) is 23.1 Å². The molecule has 0 radical (unpaired) electrons. The molecule has 1 atom stereocenters. The highest BCUT2D eigenvalue weighted by Crippen LogP contribution is 2.25. The third-order valence-electron chi connectivity index (χ3n) is 4.10. The molecule has 1 aromatic carbocycles. The summed E-state index contributed by atoms with van der Waals surface area (Å²) in [5, 5.41) is -0.0462. The third-order valence-corrected chi connectivity index (χ3v) is 6.41. The van der Waals surface area contributed by atoms with Crippen molar-refractivity contribution in [2.24, 2.45) is 0 Å². The lowest BCUT2D eigenvalue weighted by molar-refractivity contribution is -0.132. The fourth-order valence-corrected chi connectivity index (χ4v) is 4.90. The molecule has 0 aliphatic carbocycles. The molecule has 3 rings (SSSR count). The first kappa shape index (κ1) is 17.8. The molecule has 3 nitrogen and oxygen atoms in total. The van der Waals surface area contributed by atoms with E-state index in [1.165, 1.54) is 4.88 Å². The summed E-state index contributed by atoms with van der Waals surface area (Å²) in [6.07, 6.45) is 0. The Morgan fingerprint density at radius 2 is 1.88 bits per heavy atom. The van der Waals surface area contributed by atoms with Crippen molar-refractivity contribution in [3.63, 3.8) is 0 Å². The van der Waals surface area contributed by atoms with Gasteiger partial charge in [-0.05, 0) is 31.2 Å². The van der Waals surface area contributed by atoms with Crippen molar-refractivity contribution in [3.8, 4) is 0 Å². The predicted molar refractivity (Wildman–Crippen MR) is 103 cm³/mol. The Morgan fingerprint density at radius 1 is 1.17 bits per heavy atom. The number of amides is 1. The SMILES string of the molecule is CC(Sc1ccccc1)C(=O)N1CCN(Cc2ccc(Cl)s2)CC1. The zero-order valence-corrected chi connectivity index (χ0v) is 16.0. The van der Waals surface area contributed by atoms with Gasteiger partial charge in [-0.3, -0.25) is 9.69 Å². The molecule has 1 aliphatic rings. The van der Waals surface area contributed by atoms with E-state index in [0.29, 0.717) is 0 Å². The fourth-order valence-electron chi connectivity index (χ4n) is 2.79. The third kappa shape index (κ3) is 4.76. The van der Waals surface area contributed by atoms with E-state index in [1.807, 2.05) is 36.1 Å². The first-order chi connectivity index (χ1) is 11.6. The molecule has 0 spiro atoms. The number of benzene rings is 1. The van der Waals surface area contributed by atoms with E-state index >= 15 is 0 Å². The van der Waals surface area contributed by atoms with Gasteiger partial charge in [0.05, 0.1) is 9.59 Å². The molecule has 0 N–H and O–H groups in total. The van der Waals surface area contributed by atoms with Crippen LogP contribution in [0.3, 0.4) is 0 Å². The number of nitrogens with zero attached hydrogens (tertiary/aromatic N) is 2. The normalized spacial score (nSPS) is 17.0. The lowest BCUT2D eigenvalue weighted by atomic mass is 10.2. The first-order valence-corrected chi connectivity index (χ1v) is 10.2. The van der Waals surface area contributed by atoms with Gasteiger partial charge in [-0.25, -0.2) is 0 Å². The molecule has 1 aliphatic heterocycles. The molecule has 128 valence electrons. The number of rotatable bonds is 5. The molecule has 2 aromatic rings. The second kappa shape index (κ2) is 8.39. The fraction of sp³-hybridized carbons (Fsp3) is 0.389. The van der Waals surface area contributed by atoms with Gasteiger partial charge in [0.15, 0.2) is 0 Å². The van der Waals surface area contributed by atoms with Crippen molar-refractivity contribution >= 4 is 40.6 Å². The van der Waals surface area contributed by atoms with Gasteiger partial charge in [-0.1, -0.05) is 29.8 Å². The van der Waals surface area contributed by atoms with Crippen LogP contribution in [0.1, 0.15) is 11.8 Å². The quantitative estimate of drug-likeness (QED) is 0.725. The van der Waals surface area contributed by atoms with Gasteiger partial charge in [0.2, 0.25) is 5.91 Å². The molecule has 1 saturated heterocycles. The van der Waals surface area contributed by atoms with E-state index in [1.54, 1.807) is 23.1 Å². The van der Waals surface area contributed by atoms with E-state index in [9.17, 15) is 4.79 Å². The number of piperazine rings is 1. The molecule has 6 heteroatoms. The van der Waals surface area contributed by atoms with Crippen molar-refractivity contribution < 1.29 is 4.79 Å². The Bertz CT molecular complexity index is 669. The summed E-state index contributed by atoms with van der Waals surface area (Å²) < 4.78 is 0.838. The van der Waals surface area contributed by atoms with Gasteiger partial charge >= 0.3 is 0 Å². The minimum atomic E-state index is -0.0462. The number of halogens is 1. The van der Waals surface area contributed by atoms with Crippen LogP contribution < -0.4 is 0 Å². The number of thioether (sulfide) groups is 1. The standard InChI is InChI=1S/C18H21ClN2OS2/c1-14(23-15-5-3-2-4-6-15)18(22)21-11-9-20(10-12-21)13-16-7-8-17(19)24-16/h2-8,14H,9-13H2,1H3. The van der Waals surface area contributed by atoms with Crippen LogP contribution in [0.5, 0.6) is 0 Å². The van der Waals surface area contributed by atoms with Crippen molar-refractivity contribution in [2.75, 3.05) is 26.2 Å². The Hall–Kier alpha value is -1.01. The molecule has 1 aromatic heterocycles. The van der Waals surface area contributed by atoms with Crippen LogP contribution in [0.2, 0.25) is 4.34 Å². The van der Waals surface area contributed by atoms with E-state index in [0.717, 1.165) is 42.0 Å². The van der Waals surface area contributed by atoms with Crippen LogP contribution in [-0.4, -0.2) is 47.1 Å². The van der Waals surface area contributed by atoms with Crippen molar-refractivity contribution in [2.45, 2.75) is 23.6 Å². The molecule has 1 fully saturated rings. The minimum absolute atomic E-state index is 0.0462. The Morgan fingerprint density at radius 3 is 2.50 bits per heavy atom. The second-order valence-electron chi connectivity index (χ2n) is 5.88. The molecule has 2 heterocycles. The van der Waals surface area contributed by atoms with Crippen LogP contribution in [0, 0.1) is 0 Å². The predicted octanol–water partition coefficient (Wildman–Crippen LogP) is 4.23. The van der Waals surface area contributed by atoms with Crippen LogP contribution in [-0.2, 0) is 11.3 Å². The second-order valence-corrected chi connectivity index (χ2v) is 9.09. The molecule has 0 saturated carbocycles. The maximum absolute atomic E-state index is 12.6. The summed E-state index contributed by atoms with van der Waals surface area (Å²) in [4.78, 5) is 19.5. The summed E-state index contributed by atoms with van der Waals surface area (Å²) in [7, 11) is 0. The summed E-state index contributed by atoms with van der Waals surface area (Å²) >= 11 is 9.26. The Kier molecular flexibility index (Phi) is 6.22. The topological polar surface area (TPSA) is 23.6 Å². The Balaban J connectivity index is 1.47. The average molecular weight is 381 g/mol. The lowest BCUT2D eigenvalue weighted by Crippen LogP contribution is -2.50. The van der Waals surface area contributed by atoms with E-state index < -0.39 is 0 Å². The maximum atomic E-state index is 12.6. The highest BCUT2D eigenvalue weighted by Gasteiger charge is 2.25. The van der Waals surface area contributed by atoms with Gasteiger partial charge in [0.25, 0.3) is 0 Å². The molecule has 0 bridgehead atoms. The van der Waals surface area contributed by atoms with Gasteiger partial charge in [-0.2, -0.15) is 0 Å². The molecule has 24 heavy (non-hydrogen) atoms. The van der Waals surface area contributed by atoms with Crippen molar-refractivity contribution in [3.05, 3.63) is 51.7 Å². The maximum Gasteiger partial charge on any atom is 0.235 e. The lowest BCUT2D eigenvalue weighted by Gasteiger charge is -2.35. The van der Waals surface area contributed by atoms with Crippen LogP contribution in [0.15, 0.2) is 47.4 Å². The van der Waals surface area contributed by atoms with Crippen LogP contribution in [0.4, 0.5) is 0 Å². The zero-order valence-electron chi connectivity index (χ0n) is 13.7. The van der Waals surface area contributed by atoms with Gasteiger partial charge in [0.1, 0.15) is 0 Å². The monoisotopic (exact) mass is 380 g/mol. The highest BCUT2D eigenvalue weighted by atomic mass is 35.5. The summed E-state index contributed by atoms with van der Waals surface area (Å²) in [6.45, 7) is 6.37. The first-order valence-electron chi connectivity index (χ1n) is 8.09. The number of thiophene rings is 1. The van der Waals surface area contributed by atoms with E-state index in [-0.39, 0.29) is 11.2 Å². The Labute approximate surface area is 156 Å². The van der Waals surface area contributed by atoms with Crippen molar-refractivity contribution in [1.82, 2.24) is 9.80 Å². The highest BCUT2D eigenvalue weighted by molar-refractivity contribution is 8.00. The van der Waals surface area contributed by atoms with E-state index in [2.05, 4.69) is 23.1 Å². The number of carbonyl (C=O) groups is 1. The number of hydrogen-bond donors (Lipinski definition) is 0. The molecule has 1 unspecified atom stereocenters. The van der Waals surface area contributed by atoms with Gasteiger partial charge in [0, 0.05) is 42.5 Å². The number of carbonyl (C=O) groups excluding carboxylic acids is 1. The summed E-state index contributed by atoms with van der Waals surface area (Å²) in [6, 6.07) is 14.2.